The van der Waals surface area contributed by atoms with Crippen LogP contribution >= 0.6 is 12.6 Å². The van der Waals surface area contributed by atoms with Crippen molar-refractivity contribution in [1.29, 1.82) is 5.26 Å². The van der Waals surface area contributed by atoms with Gasteiger partial charge >= 0.3 is 0 Å². The zero-order chi connectivity index (χ0) is 11.2. The maximum Gasteiger partial charge on any atom is 0.223 e. The third-order valence-corrected chi connectivity index (χ3v) is 2.20. The summed E-state index contributed by atoms with van der Waals surface area (Å²) in [6.45, 7) is 9.35. The predicted molar refractivity (Wildman–Crippen MR) is 60.2 cm³/mol. The summed E-state index contributed by atoms with van der Waals surface area (Å²) in [5.41, 5.74) is 0. The van der Waals surface area contributed by atoms with E-state index in [0.717, 1.165) is 13.1 Å². The average Bonchev–Trinajstić information content (AvgIpc) is 2.56. The largest absolute Gasteiger partial charge is 0.343 e. The van der Waals surface area contributed by atoms with E-state index >= 15 is 0 Å². The summed E-state index contributed by atoms with van der Waals surface area (Å²) in [5, 5.41) is 6.50. The maximum absolute atomic E-state index is 11.5. The lowest BCUT2D eigenvalue weighted by atomic mass is 10.1. The lowest BCUT2D eigenvalue weighted by molar-refractivity contribution is -0.130. The van der Waals surface area contributed by atoms with Crippen LogP contribution in [0.5, 0.6) is 0 Å². The molecule has 4 heteroatoms. The number of carbonyl (C=O) groups is 1. The molecule has 80 valence electrons. The van der Waals surface area contributed by atoms with Crippen LogP contribution < -0.4 is 0 Å². The highest BCUT2D eigenvalue weighted by atomic mass is 32.1. The topological polar surface area (TPSA) is 44.1 Å². The Kier molecular flexibility index (Phi) is 5.63. The zero-order valence-electron chi connectivity index (χ0n) is 8.86. The third-order valence-electron chi connectivity index (χ3n) is 2.04. The number of nitriles is 1. The van der Waals surface area contributed by atoms with Crippen LogP contribution in [0.4, 0.5) is 0 Å². The molecule has 1 rings (SSSR count). The fourth-order valence-electron chi connectivity index (χ4n) is 1.45. The monoisotopic (exact) mass is 214 g/mol. The predicted octanol–water partition coefficient (Wildman–Crippen LogP) is 1.85. The van der Waals surface area contributed by atoms with Gasteiger partial charge in [0.15, 0.2) is 0 Å². The van der Waals surface area contributed by atoms with E-state index < -0.39 is 0 Å². The summed E-state index contributed by atoms with van der Waals surface area (Å²) in [5.74, 6) is 0.257. The number of nitrogens with zero attached hydrogens (tertiary/aromatic N) is 2. The van der Waals surface area contributed by atoms with Gasteiger partial charge in [0.25, 0.3) is 0 Å². The van der Waals surface area contributed by atoms with Crippen LogP contribution in [0.3, 0.4) is 0 Å². The van der Waals surface area contributed by atoms with E-state index in [1.165, 1.54) is 12.8 Å². The van der Waals surface area contributed by atoms with E-state index in [-0.39, 0.29) is 10.7 Å². The highest BCUT2D eigenvalue weighted by Gasteiger charge is 2.23. The number of thiol groups is 1. The van der Waals surface area contributed by atoms with Crippen molar-refractivity contribution in [2.24, 2.45) is 0 Å². The highest BCUT2D eigenvalue weighted by Crippen LogP contribution is 2.20. The third kappa shape index (κ3) is 5.13. The molecule has 1 heterocycles. The molecule has 0 unspecified atom stereocenters. The van der Waals surface area contributed by atoms with Crippen LogP contribution in [0.1, 0.15) is 33.1 Å². The molecular formula is C10H18N2OS. The number of amides is 1. The maximum atomic E-state index is 11.5. The minimum atomic E-state index is -0.167. The Hall–Kier alpha value is -0.690. The fourth-order valence-corrected chi connectivity index (χ4v) is 1.58. The normalized spacial score (nSPS) is 15.9. The smallest absolute Gasteiger partial charge is 0.223 e. The molecule has 0 N–H and O–H groups in total. The SMILES string of the molecule is C#N.CC(C)(S)CC(=O)N1CCCC1. The first-order valence-electron chi connectivity index (χ1n) is 4.75. The first kappa shape index (κ1) is 13.3. The van der Waals surface area contributed by atoms with E-state index in [1.54, 1.807) is 0 Å². The molecule has 1 fully saturated rings. The van der Waals surface area contributed by atoms with E-state index in [4.69, 9.17) is 5.26 Å². The van der Waals surface area contributed by atoms with E-state index in [1.807, 2.05) is 18.7 Å². The van der Waals surface area contributed by atoms with Crippen LogP contribution in [0.15, 0.2) is 0 Å². The zero-order valence-corrected chi connectivity index (χ0v) is 9.76. The van der Waals surface area contributed by atoms with Crippen LogP contribution in [0, 0.1) is 11.8 Å². The minimum Gasteiger partial charge on any atom is -0.343 e. The molecule has 0 aliphatic carbocycles. The van der Waals surface area contributed by atoms with Crippen LogP contribution in [-0.4, -0.2) is 28.6 Å². The van der Waals surface area contributed by atoms with Crippen LogP contribution in [-0.2, 0) is 4.79 Å². The van der Waals surface area contributed by atoms with Crippen molar-refractivity contribution in [3.8, 4) is 6.57 Å². The van der Waals surface area contributed by atoms with Gasteiger partial charge in [-0.25, -0.2) is 5.26 Å². The average molecular weight is 214 g/mol. The molecule has 1 saturated heterocycles. The fraction of sp³-hybridized carbons (Fsp3) is 0.800. The van der Waals surface area contributed by atoms with Crippen LogP contribution in [0.2, 0.25) is 0 Å². The quantitative estimate of drug-likeness (QED) is 0.713. The van der Waals surface area contributed by atoms with Gasteiger partial charge in [0.1, 0.15) is 0 Å². The number of rotatable bonds is 2. The number of hydrogen-bond donors (Lipinski definition) is 1. The molecule has 0 saturated carbocycles. The minimum absolute atomic E-state index is 0.167. The molecule has 0 aromatic heterocycles. The molecule has 0 radical (unpaired) electrons. The van der Waals surface area contributed by atoms with E-state index in [9.17, 15) is 4.79 Å². The molecule has 1 aliphatic rings. The van der Waals surface area contributed by atoms with Crippen molar-refractivity contribution >= 4 is 18.5 Å². The number of carbonyl (C=O) groups excluding carboxylic acids is 1. The molecule has 0 spiro atoms. The van der Waals surface area contributed by atoms with Gasteiger partial charge < -0.3 is 4.90 Å². The van der Waals surface area contributed by atoms with Crippen molar-refractivity contribution in [2.75, 3.05) is 13.1 Å². The summed E-state index contributed by atoms with van der Waals surface area (Å²) in [4.78, 5) is 13.5. The van der Waals surface area contributed by atoms with Crippen molar-refractivity contribution in [2.45, 2.75) is 37.9 Å². The second-order valence-electron chi connectivity index (χ2n) is 4.08. The number of likely N-dealkylation sites (tertiary alicyclic amines) is 1. The molecule has 1 aliphatic heterocycles. The molecule has 0 aromatic rings. The standard InChI is InChI=1S/C9H17NOS.CHN/c1-9(2,12)7-8(11)10-5-3-4-6-10;1-2/h12H,3-7H2,1-2H3;1H. The van der Waals surface area contributed by atoms with E-state index in [0.29, 0.717) is 6.42 Å². The summed E-state index contributed by atoms with van der Waals surface area (Å²) in [6.07, 6.45) is 2.88. The lowest BCUT2D eigenvalue weighted by Gasteiger charge is -2.21. The molecule has 3 nitrogen and oxygen atoms in total. The Labute approximate surface area is 91.5 Å². The van der Waals surface area contributed by atoms with Gasteiger partial charge in [-0.1, -0.05) is 13.8 Å². The summed E-state index contributed by atoms with van der Waals surface area (Å²) in [7, 11) is 0. The summed E-state index contributed by atoms with van der Waals surface area (Å²) in [6, 6.07) is 0. The van der Waals surface area contributed by atoms with Crippen molar-refractivity contribution in [3.63, 3.8) is 0 Å². The Morgan fingerprint density at radius 3 is 2.21 bits per heavy atom. The van der Waals surface area contributed by atoms with Gasteiger partial charge in [-0.15, -0.1) is 0 Å². The lowest BCUT2D eigenvalue weighted by Crippen LogP contribution is -2.32. The second-order valence-corrected chi connectivity index (χ2v) is 5.29. The summed E-state index contributed by atoms with van der Waals surface area (Å²) >= 11 is 4.34. The van der Waals surface area contributed by atoms with E-state index in [2.05, 4.69) is 19.2 Å². The van der Waals surface area contributed by atoms with Crippen molar-refractivity contribution in [3.05, 3.63) is 0 Å². The Morgan fingerprint density at radius 1 is 1.43 bits per heavy atom. The van der Waals surface area contributed by atoms with Gasteiger partial charge in [-0.05, 0) is 12.8 Å². The molecule has 0 bridgehead atoms. The van der Waals surface area contributed by atoms with Gasteiger partial charge in [-0.2, -0.15) is 12.6 Å². The second kappa shape index (κ2) is 5.92. The van der Waals surface area contributed by atoms with Crippen molar-refractivity contribution in [1.82, 2.24) is 4.90 Å². The molecular weight excluding hydrogens is 196 g/mol. The van der Waals surface area contributed by atoms with Gasteiger partial charge in [0.05, 0.1) is 0 Å². The Balaban J connectivity index is 0.000000791. The Morgan fingerprint density at radius 2 is 1.86 bits per heavy atom. The first-order valence-corrected chi connectivity index (χ1v) is 5.20. The van der Waals surface area contributed by atoms with Gasteiger partial charge in [0.2, 0.25) is 5.91 Å². The highest BCUT2D eigenvalue weighted by molar-refractivity contribution is 7.81. The van der Waals surface area contributed by atoms with Gasteiger partial charge in [-0.3, -0.25) is 4.79 Å². The summed E-state index contributed by atoms with van der Waals surface area (Å²) < 4.78 is -0.167. The molecule has 0 atom stereocenters. The van der Waals surface area contributed by atoms with Crippen molar-refractivity contribution < 1.29 is 4.79 Å². The first-order chi connectivity index (χ1) is 6.49. The molecule has 14 heavy (non-hydrogen) atoms. The van der Waals surface area contributed by atoms with Gasteiger partial charge in [0, 0.05) is 30.8 Å². The van der Waals surface area contributed by atoms with Crippen LogP contribution in [0.25, 0.3) is 0 Å². The molecule has 1 amide bonds. The Bertz CT molecular complexity index is 202. The molecule has 0 aromatic carbocycles. The number of hydrogen-bond acceptors (Lipinski definition) is 3.